The van der Waals surface area contributed by atoms with Crippen LogP contribution < -0.4 is 5.32 Å². The highest BCUT2D eigenvalue weighted by Crippen LogP contribution is 2.27. The third kappa shape index (κ3) is 3.11. The highest BCUT2D eigenvalue weighted by Gasteiger charge is 2.22. The molecule has 0 unspecified atom stereocenters. The second-order valence-corrected chi connectivity index (χ2v) is 5.80. The quantitative estimate of drug-likeness (QED) is 0.762. The molecule has 7 heteroatoms. The Morgan fingerprint density at radius 1 is 1.33 bits per heavy atom. The number of aryl methyl sites for hydroxylation is 1. The molecule has 1 heterocycles. The molecule has 3 N–H and O–H groups in total. The average molecular weight is 372 g/mol. The molecule has 0 radical (unpaired) electrons. The number of aromatic carboxylic acids is 1. The number of halogens is 2. The number of nitrogens with one attached hydrogen (secondary N) is 2. The topological polar surface area (TPSA) is 82.2 Å². The molecular weight excluding hydrogens is 360 g/mol. The maximum atomic E-state index is 12.4. The number of carboxylic acid groups (broad SMARTS) is 1. The summed E-state index contributed by atoms with van der Waals surface area (Å²) in [6.45, 7) is 3.25. The van der Waals surface area contributed by atoms with Crippen LogP contribution in [0.15, 0.2) is 22.7 Å². The predicted octanol–water partition coefficient (Wildman–Crippen LogP) is 4.00. The molecule has 0 fully saturated rings. The number of hydrogen-bond acceptors (Lipinski definition) is 2. The maximum absolute atomic E-state index is 12.4. The van der Waals surface area contributed by atoms with Crippen molar-refractivity contribution in [1.29, 1.82) is 0 Å². The van der Waals surface area contributed by atoms with Crippen LogP contribution in [-0.4, -0.2) is 22.0 Å². The van der Waals surface area contributed by atoms with E-state index in [1.165, 1.54) is 0 Å². The molecule has 0 aliphatic carbocycles. The normalized spacial score (nSPS) is 10.5. The van der Waals surface area contributed by atoms with Crippen molar-refractivity contribution in [1.82, 2.24) is 4.98 Å². The summed E-state index contributed by atoms with van der Waals surface area (Å²) < 4.78 is 0.646. The van der Waals surface area contributed by atoms with Gasteiger partial charge in [-0.3, -0.25) is 4.79 Å². The number of aromatic nitrogens is 1. The molecule has 0 saturated carbocycles. The number of H-pyrrole nitrogens is 1. The van der Waals surface area contributed by atoms with E-state index in [-0.39, 0.29) is 11.6 Å². The lowest BCUT2D eigenvalue weighted by atomic mass is 10.1. The van der Waals surface area contributed by atoms with Gasteiger partial charge in [-0.1, -0.05) is 11.6 Å². The van der Waals surface area contributed by atoms with Crippen molar-refractivity contribution in [3.8, 4) is 0 Å². The van der Waals surface area contributed by atoms with Gasteiger partial charge in [0.05, 0.1) is 11.3 Å². The first-order valence-corrected chi connectivity index (χ1v) is 7.17. The van der Waals surface area contributed by atoms with Gasteiger partial charge in [-0.2, -0.15) is 0 Å². The van der Waals surface area contributed by atoms with E-state index in [0.29, 0.717) is 32.0 Å². The lowest BCUT2D eigenvalue weighted by Gasteiger charge is -2.08. The molecule has 1 aromatic heterocycles. The van der Waals surface area contributed by atoms with Gasteiger partial charge in [-0.25, -0.2) is 4.79 Å². The maximum Gasteiger partial charge on any atom is 0.352 e. The lowest BCUT2D eigenvalue weighted by Crippen LogP contribution is -2.14. The van der Waals surface area contributed by atoms with Gasteiger partial charge in [0.15, 0.2) is 0 Å². The summed E-state index contributed by atoms with van der Waals surface area (Å²) in [4.78, 5) is 26.1. The summed E-state index contributed by atoms with van der Waals surface area (Å²) in [6.07, 6.45) is 0. The minimum atomic E-state index is -1.10. The van der Waals surface area contributed by atoms with E-state index in [1.54, 1.807) is 32.0 Å². The van der Waals surface area contributed by atoms with Crippen LogP contribution in [0.4, 0.5) is 5.69 Å². The zero-order valence-electron chi connectivity index (χ0n) is 11.3. The Hall–Kier alpha value is -1.79. The Morgan fingerprint density at radius 2 is 2.00 bits per heavy atom. The van der Waals surface area contributed by atoms with Crippen LogP contribution in [-0.2, 0) is 0 Å². The number of anilines is 1. The number of rotatable bonds is 3. The first-order valence-electron chi connectivity index (χ1n) is 6.00. The van der Waals surface area contributed by atoms with E-state index < -0.39 is 5.97 Å². The van der Waals surface area contributed by atoms with Crippen LogP contribution in [0.3, 0.4) is 0 Å². The van der Waals surface area contributed by atoms with Crippen molar-refractivity contribution in [2.24, 2.45) is 0 Å². The second kappa shape index (κ2) is 5.91. The number of carbonyl (C=O) groups excluding carboxylic acids is 1. The monoisotopic (exact) mass is 370 g/mol. The summed E-state index contributed by atoms with van der Waals surface area (Å²) in [5, 5.41) is 12.3. The van der Waals surface area contributed by atoms with Crippen LogP contribution in [0.2, 0.25) is 5.02 Å². The fraction of sp³-hybridized carbons (Fsp3) is 0.143. The smallest absolute Gasteiger partial charge is 0.352 e. The summed E-state index contributed by atoms with van der Waals surface area (Å²) in [6, 6.07) is 4.98. The largest absolute Gasteiger partial charge is 0.477 e. The van der Waals surface area contributed by atoms with Crippen molar-refractivity contribution in [3.05, 3.63) is 50.2 Å². The molecule has 0 aliphatic rings. The van der Waals surface area contributed by atoms with Gasteiger partial charge < -0.3 is 15.4 Å². The molecule has 0 bridgehead atoms. The average Bonchev–Trinajstić information content (AvgIpc) is 2.68. The number of carbonyl (C=O) groups is 2. The minimum Gasteiger partial charge on any atom is -0.477 e. The van der Waals surface area contributed by atoms with Crippen molar-refractivity contribution < 1.29 is 14.7 Å². The number of aromatic amines is 1. The van der Waals surface area contributed by atoms with E-state index in [4.69, 9.17) is 16.7 Å². The zero-order chi connectivity index (χ0) is 15.7. The van der Waals surface area contributed by atoms with Crippen molar-refractivity contribution in [2.45, 2.75) is 13.8 Å². The van der Waals surface area contributed by atoms with Gasteiger partial charge in [-0.15, -0.1) is 0 Å². The van der Waals surface area contributed by atoms with Gasteiger partial charge in [0.1, 0.15) is 5.69 Å². The number of benzene rings is 1. The fourth-order valence-electron chi connectivity index (χ4n) is 2.08. The first-order chi connectivity index (χ1) is 9.81. The lowest BCUT2D eigenvalue weighted by molar-refractivity contribution is 0.0690. The van der Waals surface area contributed by atoms with Gasteiger partial charge >= 0.3 is 5.97 Å². The van der Waals surface area contributed by atoms with Crippen molar-refractivity contribution in [3.63, 3.8) is 0 Å². The molecule has 0 aliphatic heterocycles. The van der Waals surface area contributed by atoms with E-state index in [9.17, 15) is 9.59 Å². The van der Waals surface area contributed by atoms with E-state index in [1.807, 2.05) is 0 Å². The summed E-state index contributed by atoms with van der Waals surface area (Å²) in [7, 11) is 0. The van der Waals surface area contributed by atoms with E-state index in [2.05, 4.69) is 26.2 Å². The Kier molecular flexibility index (Phi) is 4.39. The van der Waals surface area contributed by atoms with Crippen LogP contribution in [0, 0.1) is 13.8 Å². The van der Waals surface area contributed by atoms with E-state index in [0.717, 1.165) is 0 Å². The molecule has 1 aromatic carbocycles. The standard InChI is InChI=1S/C14H12BrClN2O3/c1-6-11(7(2)17-12(6)14(20)21)13(19)18-10-4-3-8(16)5-9(10)15/h3-5,17H,1-2H3,(H,18,19)(H,20,21). The predicted molar refractivity (Wildman–Crippen MR) is 84.3 cm³/mol. The van der Waals surface area contributed by atoms with Crippen LogP contribution in [0.25, 0.3) is 0 Å². The first kappa shape index (κ1) is 15.6. The summed E-state index contributed by atoms with van der Waals surface area (Å²) >= 11 is 9.16. The van der Waals surface area contributed by atoms with Crippen molar-refractivity contribution >= 4 is 45.1 Å². The van der Waals surface area contributed by atoms with Crippen molar-refractivity contribution in [2.75, 3.05) is 5.32 Å². The number of carboxylic acids is 1. The van der Waals surface area contributed by atoms with Gasteiger partial charge in [0.25, 0.3) is 5.91 Å². The summed E-state index contributed by atoms with van der Waals surface area (Å²) in [5.74, 6) is -1.47. The Labute approximate surface area is 134 Å². The highest BCUT2D eigenvalue weighted by atomic mass is 79.9. The van der Waals surface area contributed by atoms with E-state index >= 15 is 0 Å². The number of hydrogen-bond donors (Lipinski definition) is 3. The molecule has 1 amide bonds. The Bertz CT molecular complexity index is 740. The summed E-state index contributed by atoms with van der Waals surface area (Å²) in [5.41, 5.74) is 1.82. The molecule has 2 rings (SSSR count). The third-order valence-corrected chi connectivity index (χ3v) is 3.95. The van der Waals surface area contributed by atoms with Gasteiger partial charge in [0.2, 0.25) is 0 Å². The second-order valence-electron chi connectivity index (χ2n) is 4.51. The molecule has 0 spiro atoms. The zero-order valence-corrected chi connectivity index (χ0v) is 13.6. The van der Waals surface area contributed by atoms with Crippen LogP contribution in [0.5, 0.6) is 0 Å². The molecule has 0 saturated heterocycles. The number of amides is 1. The fourth-order valence-corrected chi connectivity index (χ4v) is 2.86. The molecule has 5 nitrogen and oxygen atoms in total. The Morgan fingerprint density at radius 3 is 2.52 bits per heavy atom. The van der Waals surface area contributed by atoms with Gasteiger partial charge in [0, 0.05) is 15.2 Å². The molecule has 110 valence electrons. The minimum absolute atomic E-state index is 0.0211. The third-order valence-electron chi connectivity index (χ3n) is 3.06. The molecule has 21 heavy (non-hydrogen) atoms. The highest BCUT2D eigenvalue weighted by molar-refractivity contribution is 9.10. The Balaban J connectivity index is 2.35. The van der Waals surface area contributed by atoms with Gasteiger partial charge in [-0.05, 0) is 53.5 Å². The van der Waals surface area contributed by atoms with Crippen LogP contribution in [0.1, 0.15) is 32.1 Å². The van der Waals surface area contributed by atoms with Crippen LogP contribution >= 0.6 is 27.5 Å². The molecule has 2 aromatic rings. The molecular formula is C14H12BrClN2O3. The SMILES string of the molecule is Cc1[nH]c(C(=O)O)c(C)c1C(=O)Nc1ccc(Cl)cc1Br. The molecule has 0 atom stereocenters.